The molecule has 10 heteroatoms. The van der Waals surface area contributed by atoms with E-state index in [-0.39, 0.29) is 5.56 Å². The highest BCUT2D eigenvalue weighted by atomic mass is 32.1. The van der Waals surface area contributed by atoms with Crippen molar-refractivity contribution in [2.75, 3.05) is 37.3 Å². The molecule has 0 aliphatic carbocycles. The second-order valence-corrected chi connectivity index (χ2v) is 10.7. The van der Waals surface area contributed by atoms with Gasteiger partial charge in [-0.25, -0.2) is 14.4 Å². The van der Waals surface area contributed by atoms with Crippen LogP contribution in [-0.2, 0) is 18.0 Å². The van der Waals surface area contributed by atoms with Crippen molar-refractivity contribution in [2.45, 2.75) is 26.2 Å². The summed E-state index contributed by atoms with van der Waals surface area (Å²) in [5.41, 5.74) is 11.5. The zero-order valence-corrected chi connectivity index (χ0v) is 20.1. The van der Waals surface area contributed by atoms with Crippen LogP contribution in [0.2, 0.25) is 0 Å². The van der Waals surface area contributed by atoms with Crippen molar-refractivity contribution in [3.05, 3.63) is 40.5 Å². The first-order chi connectivity index (χ1) is 17.0. The quantitative estimate of drug-likeness (QED) is 0.458. The number of hydrogen-bond donors (Lipinski definition) is 1. The fourth-order valence-electron chi connectivity index (χ4n) is 6.04. The fourth-order valence-corrected chi connectivity index (χ4v) is 6.96. The maximum atomic E-state index is 14.7. The highest BCUT2D eigenvalue weighted by molar-refractivity contribution is 7.23. The summed E-state index contributed by atoms with van der Waals surface area (Å²) >= 11 is 1.08. The number of rotatable bonds is 2. The molecule has 3 aliphatic heterocycles. The zero-order chi connectivity index (χ0) is 24.0. The van der Waals surface area contributed by atoms with Gasteiger partial charge in [-0.15, -0.1) is 11.3 Å². The number of nitrogens with two attached hydrogens (primary N) is 1. The summed E-state index contributed by atoms with van der Waals surface area (Å²) in [6, 6.07) is 2.71. The highest BCUT2D eigenvalue weighted by Gasteiger charge is 2.44. The number of thiophene rings is 1. The van der Waals surface area contributed by atoms with Gasteiger partial charge in [0.15, 0.2) is 5.82 Å². The molecule has 0 spiro atoms. The van der Waals surface area contributed by atoms with Gasteiger partial charge in [-0.1, -0.05) is 0 Å². The molecule has 2 unspecified atom stereocenters. The number of nitrogens with zero attached hydrogens (tertiary/aromatic N) is 6. The monoisotopic (exact) mass is 487 g/mol. The van der Waals surface area contributed by atoms with Crippen LogP contribution in [0.5, 0.6) is 0 Å². The first kappa shape index (κ1) is 20.9. The number of fused-ring (bicyclic) bond motifs is 5. The number of likely N-dealkylation sites (N-methyl/N-ethyl adjacent to an activating group) is 1. The Morgan fingerprint density at radius 1 is 1.20 bits per heavy atom. The molecule has 3 aromatic heterocycles. The number of pyridine rings is 1. The number of aromatic nitrogens is 3. The first-order valence-corrected chi connectivity index (χ1v) is 12.4. The normalized spacial score (nSPS) is 21.4. The van der Waals surface area contributed by atoms with E-state index in [1.165, 1.54) is 6.20 Å². The highest BCUT2D eigenvalue weighted by Crippen LogP contribution is 2.45. The third kappa shape index (κ3) is 2.80. The summed E-state index contributed by atoms with van der Waals surface area (Å²) in [6.45, 7) is 5.86. The molecule has 2 saturated heterocycles. The van der Waals surface area contributed by atoms with Crippen LogP contribution < -0.4 is 10.6 Å². The Balaban J connectivity index is 1.47. The van der Waals surface area contributed by atoms with Crippen molar-refractivity contribution < 1.29 is 9.13 Å². The molecular formula is C25H22FN7OS. The van der Waals surface area contributed by atoms with Crippen molar-refractivity contribution in [1.29, 1.82) is 5.26 Å². The Hall–Kier alpha value is -3.39. The molecule has 176 valence electrons. The second-order valence-electron chi connectivity index (χ2n) is 9.67. The summed E-state index contributed by atoms with van der Waals surface area (Å²) in [6.07, 6.45) is 3.12. The lowest BCUT2D eigenvalue weighted by atomic mass is 9.90. The van der Waals surface area contributed by atoms with Crippen LogP contribution in [0.15, 0.2) is 12.4 Å². The van der Waals surface area contributed by atoms with Gasteiger partial charge in [-0.05, 0) is 30.7 Å². The number of benzene rings is 1. The standard InChI is InChI=1S/C25H22FN7OS/c1-11-19(22-20-13(3-27)24(28)35-23(20)17(26)5-29-22)16-10-34-9-15(16)14-4-30-25(31-21(11)14)33-7-12-6-32(2)18(12)8-33/h4-5,12,18H,6-10,28H2,1-2H3. The van der Waals surface area contributed by atoms with Crippen LogP contribution in [0, 0.1) is 30.0 Å². The lowest BCUT2D eigenvalue weighted by Gasteiger charge is -2.40. The van der Waals surface area contributed by atoms with E-state index >= 15 is 0 Å². The van der Waals surface area contributed by atoms with Gasteiger partial charge in [0, 0.05) is 54.1 Å². The van der Waals surface area contributed by atoms with Gasteiger partial charge in [0.25, 0.3) is 0 Å². The van der Waals surface area contributed by atoms with Gasteiger partial charge in [0.2, 0.25) is 5.95 Å². The van der Waals surface area contributed by atoms with Crippen LogP contribution in [0.4, 0.5) is 15.3 Å². The minimum atomic E-state index is -0.480. The van der Waals surface area contributed by atoms with Gasteiger partial charge >= 0.3 is 0 Å². The topological polar surface area (TPSA) is 104 Å². The average molecular weight is 488 g/mol. The van der Waals surface area contributed by atoms with Gasteiger partial charge in [0.1, 0.15) is 11.1 Å². The molecule has 0 radical (unpaired) electrons. The third-order valence-corrected chi connectivity index (χ3v) is 8.84. The molecule has 8 nitrogen and oxygen atoms in total. The minimum absolute atomic E-state index is 0.263. The van der Waals surface area contributed by atoms with E-state index in [0.717, 1.165) is 70.1 Å². The summed E-state index contributed by atoms with van der Waals surface area (Å²) in [5, 5.41) is 11.5. The predicted octanol–water partition coefficient (Wildman–Crippen LogP) is 3.59. The molecular weight excluding hydrogens is 465 g/mol. The lowest BCUT2D eigenvalue weighted by Crippen LogP contribution is -2.52. The summed E-state index contributed by atoms with van der Waals surface area (Å²) < 4.78 is 20.9. The molecule has 6 heterocycles. The molecule has 0 bridgehead atoms. The van der Waals surface area contributed by atoms with Gasteiger partial charge in [0.05, 0.1) is 40.9 Å². The van der Waals surface area contributed by atoms with Gasteiger partial charge in [-0.2, -0.15) is 5.26 Å². The van der Waals surface area contributed by atoms with Gasteiger partial charge < -0.3 is 20.3 Å². The fraction of sp³-hybridized carbons (Fsp3) is 0.360. The minimum Gasteiger partial charge on any atom is -0.389 e. The maximum Gasteiger partial charge on any atom is 0.225 e. The van der Waals surface area contributed by atoms with E-state index in [9.17, 15) is 9.65 Å². The van der Waals surface area contributed by atoms with E-state index in [0.29, 0.717) is 46.0 Å². The van der Waals surface area contributed by atoms with E-state index in [1.807, 2.05) is 13.1 Å². The third-order valence-electron chi connectivity index (χ3n) is 7.81. The Morgan fingerprint density at radius 2 is 2.03 bits per heavy atom. The largest absolute Gasteiger partial charge is 0.389 e. The van der Waals surface area contributed by atoms with Crippen LogP contribution in [0.25, 0.3) is 32.2 Å². The number of likely N-dealkylation sites (tertiary alicyclic amines) is 1. The number of hydrogen-bond acceptors (Lipinski definition) is 9. The molecule has 2 atom stereocenters. The van der Waals surface area contributed by atoms with Crippen LogP contribution >= 0.6 is 11.3 Å². The molecule has 35 heavy (non-hydrogen) atoms. The summed E-state index contributed by atoms with van der Waals surface area (Å²) in [4.78, 5) is 18.9. The number of ether oxygens (including phenoxy) is 1. The van der Waals surface area contributed by atoms with E-state index in [2.05, 4.69) is 27.9 Å². The van der Waals surface area contributed by atoms with Crippen LogP contribution in [-0.4, -0.2) is 52.6 Å². The van der Waals surface area contributed by atoms with Crippen LogP contribution in [0.1, 0.15) is 22.3 Å². The molecule has 2 N–H and O–H groups in total. The predicted molar refractivity (Wildman–Crippen MR) is 133 cm³/mol. The van der Waals surface area contributed by atoms with Crippen molar-refractivity contribution in [2.24, 2.45) is 5.92 Å². The van der Waals surface area contributed by atoms with E-state index in [1.54, 1.807) is 0 Å². The molecule has 1 aromatic carbocycles. The Morgan fingerprint density at radius 3 is 2.80 bits per heavy atom. The molecule has 2 fully saturated rings. The van der Waals surface area contributed by atoms with Gasteiger partial charge in [-0.3, -0.25) is 4.98 Å². The van der Waals surface area contributed by atoms with Crippen molar-refractivity contribution >= 4 is 43.3 Å². The van der Waals surface area contributed by atoms with Crippen molar-refractivity contribution in [3.63, 3.8) is 0 Å². The lowest BCUT2D eigenvalue weighted by molar-refractivity contribution is 0.0827. The molecule has 3 aliphatic rings. The first-order valence-electron chi connectivity index (χ1n) is 11.6. The molecule has 0 amide bonds. The Labute approximate surface area is 204 Å². The number of anilines is 2. The Kier molecular flexibility index (Phi) is 4.37. The SMILES string of the molecule is Cc1c(-c2ncc(F)c3sc(N)c(C#N)c23)c2c(c3cnc(N4CC5CN(C)C5C4)nc13)COC2. The molecule has 0 saturated carbocycles. The number of nitriles is 1. The zero-order valence-electron chi connectivity index (χ0n) is 19.3. The average Bonchev–Trinajstić information content (AvgIpc) is 3.55. The number of aryl methyl sites for hydroxylation is 1. The van der Waals surface area contributed by atoms with Crippen molar-refractivity contribution in [3.8, 4) is 17.3 Å². The molecule has 4 aromatic rings. The Bertz CT molecular complexity index is 1610. The smallest absolute Gasteiger partial charge is 0.225 e. The number of nitrogen functional groups attached to an aromatic ring is 1. The summed E-state index contributed by atoms with van der Waals surface area (Å²) in [5.74, 6) is 0.906. The van der Waals surface area contributed by atoms with E-state index < -0.39 is 5.82 Å². The van der Waals surface area contributed by atoms with Crippen molar-refractivity contribution in [1.82, 2.24) is 19.9 Å². The number of halogens is 1. The maximum absolute atomic E-state index is 14.7. The molecule has 7 rings (SSSR count). The van der Waals surface area contributed by atoms with E-state index in [4.69, 9.17) is 20.4 Å². The summed E-state index contributed by atoms with van der Waals surface area (Å²) in [7, 11) is 2.16. The second kappa shape index (κ2) is 7.31. The van der Waals surface area contributed by atoms with Crippen LogP contribution in [0.3, 0.4) is 0 Å².